The van der Waals surface area contributed by atoms with Crippen molar-refractivity contribution in [3.05, 3.63) is 70.2 Å². The van der Waals surface area contributed by atoms with Crippen LogP contribution in [0.15, 0.2) is 59.1 Å². The molecule has 1 heterocycles. The van der Waals surface area contributed by atoms with Gasteiger partial charge >= 0.3 is 6.09 Å². The number of rotatable bonds is 4. The Bertz CT molecular complexity index is 871. The molecule has 2 aliphatic rings. The highest BCUT2D eigenvalue weighted by Crippen LogP contribution is 2.40. The van der Waals surface area contributed by atoms with E-state index in [2.05, 4.69) is 15.9 Å². The fourth-order valence-electron chi connectivity index (χ4n) is 4.52. The standard InChI is InChI=1S/C23H25BrN2O3/c24-17-8-6-16(7-9-17)21-13-18(25)10-11-20(21)22(27)26-19(14-29-23(26)28)12-15-4-2-1-3-5-15/h1-9,18-21H,10-14,25H2/t18-,19-,20-,21-/m1/s1. The summed E-state index contributed by atoms with van der Waals surface area (Å²) < 4.78 is 6.27. The van der Waals surface area contributed by atoms with Gasteiger partial charge in [-0.2, -0.15) is 0 Å². The molecule has 1 aliphatic carbocycles. The SMILES string of the molecule is N[C@@H]1CC[C@@H](C(=O)N2C(=O)OC[C@H]2Cc2ccccc2)[C@@H](c2ccc(Br)cc2)C1. The van der Waals surface area contributed by atoms with Crippen LogP contribution in [0.25, 0.3) is 0 Å². The summed E-state index contributed by atoms with van der Waals surface area (Å²) in [5, 5.41) is 0. The van der Waals surface area contributed by atoms with Gasteiger partial charge in [-0.05, 0) is 54.9 Å². The Kier molecular flexibility index (Phi) is 6.01. The van der Waals surface area contributed by atoms with Crippen LogP contribution in [0.4, 0.5) is 4.79 Å². The number of carbonyl (C=O) groups excluding carboxylic acids is 2. The van der Waals surface area contributed by atoms with Gasteiger partial charge in [-0.1, -0.05) is 58.4 Å². The molecule has 1 saturated carbocycles. The smallest absolute Gasteiger partial charge is 0.416 e. The van der Waals surface area contributed by atoms with Gasteiger partial charge in [0, 0.05) is 16.4 Å². The Labute approximate surface area is 179 Å². The summed E-state index contributed by atoms with van der Waals surface area (Å²) in [5.41, 5.74) is 8.42. The second-order valence-corrected chi connectivity index (χ2v) is 8.88. The van der Waals surface area contributed by atoms with Crippen molar-refractivity contribution in [3.63, 3.8) is 0 Å². The molecule has 2 aromatic rings. The molecule has 0 bridgehead atoms. The number of cyclic esters (lactones) is 1. The lowest BCUT2D eigenvalue weighted by molar-refractivity contribution is -0.135. The van der Waals surface area contributed by atoms with Crippen LogP contribution in [0.5, 0.6) is 0 Å². The molecule has 0 unspecified atom stereocenters. The van der Waals surface area contributed by atoms with E-state index >= 15 is 0 Å². The number of hydrogen-bond acceptors (Lipinski definition) is 4. The fraction of sp³-hybridized carbons (Fsp3) is 0.391. The zero-order valence-corrected chi connectivity index (χ0v) is 17.8. The predicted molar refractivity (Wildman–Crippen MR) is 114 cm³/mol. The second-order valence-electron chi connectivity index (χ2n) is 7.97. The minimum absolute atomic E-state index is 0.00475. The molecular weight excluding hydrogens is 432 g/mol. The van der Waals surface area contributed by atoms with E-state index in [1.165, 1.54) is 4.90 Å². The highest BCUT2D eigenvalue weighted by atomic mass is 79.9. The minimum atomic E-state index is -0.527. The van der Waals surface area contributed by atoms with Gasteiger partial charge in [-0.25, -0.2) is 9.69 Å². The number of carbonyl (C=O) groups is 2. The molecule has 4 rings (SSSR count). The molecule has 6 heteroatoms. The molecule has 0 radical (unpaired) electrons. The van der Waals surface area contributed by atoms with Gasteiger partial charge in [0.05, 0.1) is 6.04 Å². The average molecular weight is 457 g/mol. The number of nitrogens with two attached hydrogens (primary N) is 1. The molecule has 0 spiro atoms. The van der Waals surface area contributed by atoms with E-state index < -0.39 is 6.09 Å². The maximum Gasteiger partial charge on any atom is 0.416 e. The first-order valence-electron chi connectivity index (χ1n) is 10.1. The summed E-state index contributed by atoms with van der Waals surface area (Å²) in [7, 11) is 0. The maximum atomic E-state index is 13.5. The number of hydrogen-bond donors (Lipinski definition) is 1. The maximum absolute atomic E-state index is 13.5. The molecule has 2 aromatic carbocycles. The third-order valence-electron chi connectivity index (χ3n) is 6.02. The highest BCUT2D eigenvalue weighted by Gasteiger charge is 2.44. The van der Waals surface area contributed by atoms with Crippen molar-refractivity contribution in [1.82, 2.24) is 4.90 Å². The quantitative estimate of drug-likeness (QED) is 0.745. The topological polar surface area (TPSA) is 72.6 Å². The van der Waals surface area contributed by atoms with Crippen LogP contribution in [0.2, 0.25) is 0 Å². The molecule has 5 nitrogen and oxygen atoms in total. The van der Waals surface area contributed by atoms with E-state index in [0.29, 0.717) is 12.8 Å². The second kappa shape index (κ2) is 8.67. The summed E-state index contributed by atoms with van der Waals surface area (Å²) >= 11 is 3.47. The summed E-state index contributed by atoms with van der Waals surface area (Å²) in [5.74, 6) is -0.390. The van der Waals surface area contributed by atoms with Gasteiger partial charge in [-0.15, -0.1) is 0 Å². The van der Waals surface area contributed by atoms with Crippen LogP contribution in [-0.4, -0.2) is 35.6 Å². The molecule has 4 atom stereocenters. The first kappa shape index (κ1) is 20.1. The Morgan fingerprint density at radius 3 is 2.55 bits per heavy atom. The monoisotopic (exact) mass is 456 g/mol. The molecule has 1 saturated heterocycles. The van der Waals surface area contributed by atoms with Crippen molar-refractivity contribution in [2.24, 2.45) is 11.7 Å². The van der Waals surface area contributed by atoms with Gasteiger partial charge in [0.2, 0.25) is 5.91 Å². The third-order valence-corrected chi connectivity index (χ3v) is 6.55. The first-order valence-corrected chi connectivity index (χ1v) is 10.9. The largest absolute Gasteiger partial charge is 0.447 e. The van der Waals surface area contributed by atoms with Crippen LogP contribution in [0.3, 0.4) is 0 Å². The van der Waals surface area contributed by atoms with Crippen molar-refractivity contribution < 1.29 is 14.3 Å². The molecule has 2 amide bonds. The number of ether oxygens (including phenoxy) is 1. The van der Waals surface area contributed by atoms with Crippen molar-refractivity contribution in [2.45, 2.75) is 43.7 Å². The Morgan fingerprint density at radius 1 is 1.10 bits per heavy atom. The summed E-state index contributed by atoms with van der Waals surface area (Å²) in [6.07, 6.45) is 2.29. The normalized spacial score (nSPS) is 27.0. The van der Waals surface area contributed by atoms with E-state index in [1.807, 2.05) is 54.6 Å². The fourth-order valence-corrected chi connectivity index (χ4v) is 4.79. The van der Waals surface area contributed by atoms with Crippen molar-refractivity contribution >= 4 is 27.9 Å². The number of nitrogens with zero attached hydrogens (tertiary/aromatic N) is 1. The van der Waals surface area contributed by atoms with Crippen molar-refractivity contribution in [1.29, 1.82) is 0 Å². The lowest BCUT2D eigenvalue weighted by Crippen LogP contribution is -2.47. The summed E-state index contributed by atoms with van der Waals surface area (Å²) in [6, 6.07) is 17.8. The summed E-state index contributed by atoms with van der Waals surface area (Å²) in [6.45, 7) is 0.245. The van der Waals surface area contributed by atoms with Crippen LogP contribution < -0.4 is 5.73 Å². The van der Waals surface area contributed by atoms with Gasteiger partial charge in [0.15, 0.2) is 0 Å². The van der Waals surface area contributed by atoms with Gasteiger partial charge in [0.1, 0.15) is 6.61 Å². The minimum Gasteiger partial charge on any atom is -0.447 e. The number of halogens is 1. The van der Waals surface area contributed by atoms with E-state index in [4.69, 9.17) is 10.5 Å². The molecular formula is C23H25BrN2O3. The predicted octanol–water partition coefficient (Wildman–Crippen LogP) is 4.25. The number of imide groups is 1. The molecule has 0 aromatic heterocycles. The highest BCUT2D eigenvalue weighted by molar-refractivity contribution is 9.10. The van der Waals surface area contributed by atoms with Crippen molar-refractivity contribution in [3.8, 4) is 0 Å². The zero-order chi connectivity index (χ0) is 20.4. The van der Waals surface area contributed by atoms with Gasteiger partial charge in [-0.3, -0.25) is 4.79 Å². The molecule has 29 heavy (non-hydrogen) atoms. The molecule has 2 fully saturated rings. The van der Waals surface area contributed by atoms with Gasteiger partial charge in [0.25, 0.3) is 0 Å². The number of benzene rings is 2. The Morgan fingerprint density at radius 2 is 1.83 bits per heavy atom. The molecule has 152 valence electrons. The number of amides is 2. The Balaban J connectivity index is 1.57. The van der Waals surface area contributed by atoms with Crippen molar-refractivity contribution in [2.75, 3.05) is 6.61 Å². The van der Waals surface area contributed by atoms with E-state index in [9.17, 15) is 9.59 Å². The van der Waals surface area contributed by atoms with E-state index in [-0.39, 0.29) is 36.4 Å². The Hall–Kier alpha value is -2.18. The van der Waals surface area contributed by atoms with Crippen LogP contribution in [-0.2, 0) is 16.0 Å². The van der Waals surface area contributed by atoms with E-state index in [0.717, 1.165) is 28.4 Å². The lowest BCUT2D eigenvalue weighted by atomic mass is 9.73. The third kappa shape index (κ3) is 4.38. The lowest BCUT2D eigenvalue weighted by Gasteiger charge is -2.36. The van der Waals surface area contributed by atoms with Crippen LogP contribution in [0.1, 0.15) is 36.3 Å². The van der Waals surface area contributed by atoms with Gasteiger partial charge < -0.3 is 10.5 Å². The zero-order valence-electron chi connectivity index (χ0n) is 16.2. The van der Waals surface area contributed by atoms with E-state index in [1.54, 1.807) is 0 Å². The first-order chi connectivity index (χ1) is 14.0. The van der Waals surface area contributed by atoms with Crippen LogP contribution in [0, 0.1) is 5.92 Å². The average Bonchev–Trinajstić information content (AvgIpc) is 3.09. The van der Waals surface area contributed by atoms with Crippen LogP contribution >= 0.6 is 15.9 Å². The molecule has 2 N–H and O–H groups in total. The summed E-state index contributed by atoms with van der Waals surface area (Å²) in [4.78, 5) is 27.4. The molecule has 1 aliphatic heterocycles.